The predicted molar refractivity (Wildman–Crippen MR) is 102 cm³/mol. The number of hydrogen-bond donors (Lipinski definition) is 0. The van der Waals surface area contributed by atoms with Gasteiger partial charge in [0.25, 0.3) is 0 Å². The Balaban J connectivity index is 1.89. The molecule has 0 saturated heterocycles. The van der Waals surface area contributed by atoms with Crippen LogP contribution < -0.4 is 0 Å². The molecule has 0 radical (unpaired) electrons. The van der Waals surface area contributed by atoms with Crippen LogP contribution in [0.1, 0.15) is 11.1 Å². The van der Waals surface area contributed by atoms with Crippen molar-refractivity contribution >= 4 is 29.1 Å². The maximum Gasteiger partial charge on any atom is 0.436 e. The van der Waals surface area contributed by atoms with Gasteiger partial charge in [0.2, 0.25) is 0 Å². The fourth-order valence-electron chi connectivity index (χ4n) is 1.98. The van der Waals surface area contributed by atoms with E-state index in [0.29, 0.717) is 0 Å². The topological polar surface area (TPSA) is 68.2 Å². The zero-order valence-corrected chi connectivity index (χ0v) is 15.4. The van der Waals surface area contributed by atoms with Crippen molar-refractivity contribution in [3.8, 4) is 0 Å². The minimum absolute atomic E-state index is 0.118. The molecule has 6 nitrogen and oxygen atoms in total. The lowest BCUT2D eigenvalue weighted by atomic mass is 10.2. The lowest BCUT2D eigenvalue weighted by Crippen LogP contribution is -2.32. The van der Waals surface area contributed by atoms with Crippen molar-refractivity contribution in [1.82, 2.24) is 4.90 Å². The standard InChI is InChI=1S/C19H20N2O4S/c1-21(19(23)25-14-16-11-7-4-8-12-16)17(26-2)20-18(22)24-13-15-9-5-3-6-10-15/h3-12H,13-14H2,1-2H3. The summed E-state index contributed by atoms with van der Waals surface area (Å²) in [5.41, 5.74) is 1.73. The molecule has 26 heavy (non-hydrogen) atoms. The zero-order chi connectivity index (χ0) is 18.8. The molecule has 0 aliphatic heterocycles. The average Bonchev–Trinajstić information content (AvgIpc) is 2.69. The average molecular weight is 372 g/mol. The van der Waals surface area contributed by atoms with Crippen molar-refractivity contribution in [1.29, 1.82) is 0 Å². The molecule has 0 spiro atoms. The third-order valence-corrected chi connectivity index (χ3v) is 4.07. The Hall–Kier alpha value is -2.80. The fraction of sp³-hybridized carbons (Fsp3) is 0.211. The summed E-state index contributed by atoms with van der Waals surface area (Å²) in [5.74, 6) is 0. The maximum absolute atomic E-state index is 12.1. The molecule has 0 fully saturated rings. The molecule has 2 aromatic carbocycles. The summed E-state index contributed by atoms with van der Waals surface area (Å²) in [6, 6.07) is 18.6. The minimum atomic E-state index is -0.763. The van der Waals surface area contributed by atoms with Crippen LogP contribution in [0.3, 0.4) is 0 Å². The van der Waals surface area contributed by atoms with Crippen molar-refractivity contribution in [2.75, 3.05) is 13.3 Å². The van der Waals surface area contributed by atoms with E-state index >= 15 is 0 Å². The Morgan fingerprint density at radius 1 is 0.923 bits per heavy atom. The first kappa shape index (κ1) is 19.5. The number of ether oxygens (including phenoxy) is 2. The van der Waals surface area contributed by atoms with Gasteiger partial charge in [0.15, 0.2) is 5.17 Å². The van der Waals surface area contributed by atoms with Crippen LogP contribution in [0, 0.1) is 0 Å². The molecule has 0 atom stereocenters. The fourth-order valence-corrected chi connectivity index (χ4v) is 2.50. The molecule has 0 N–H and O–H groups in total. The Morgan fingerprint density at radius 2 is 1.42 bits per heavy atom. The van der Waals surface area contributed by atoms with Crippen LogP contribution in [-0.2, 0) is 22.7 Å². The van der Waals surface area contributed by atoms with Crippen LogP contribution in [0.5, 0.6) is 0 Å². The van der Waals surface area contributed by atoms with E-state index in [2.05, 4.69) is 4.99 Å². The number of hydrogen-bond acceptors (Lipinski definition) is 5. The van der Waals surface area contributed by atoms with Crippen molar-refractivity contribution in [3.63, 3.8) is 0 Å². The van der Waals surface area contributed by atoms with E-state index in [1.807, 2.05) is 60.7 Å². The summed E-state index contributed by atoms with van der Waals surface area (Å²) >= 11 is 1.15. The number of amides is 2. The number of aliphatic imine (C=N–C) groups is 1. The molecule has 0 unspecified atom stereocenters. The molecule has 0 saturated carbocycles. The summed E-state index contributed by atoms with van der Waals surface area (Å²) in [6.45, 7) is 0.261. The molecule has 7 heteroatoms. The van der Waals surface area contributed by atoms with Crippen LogP contribution in [0.2, 0.25) is 0 Å². The van der Waals surface area contributed by atoms with Gasteiger partial charge in [0.1, 0.15) is 13.2 Å². The molecular formula is C19H20N2O4S. The van der Waals surface area contributed by atoms with Gasteiger partial charge < -0.3 is 9.47 Å². The van der Waals surface area contributed by atoms with Crippen LogP contribution in [0.25, 0.3) is 0 Å². The van der Waals surface area contributed by atoms with Gasteiger partial charge in [-0.1, -0.05) is 72.4 Å². The van der Waals surface area contributed by atoms with E-state index in [4.69, 9.17) is 9.47 Å². The molecule has 0 aliphatic rings. The quantitative estimate of drug-likeness (QED) is 0.591. The van der Waals surface area contributed by atoms with E-state index < -0.39 is 12.2 Å². The zero-order valence-electron chi connectivity index (χ0n) is 14.6. The summed E-state index contributed by atoms with van der Waals surface area (Å²) in [6.07, 6.45) is 0.350. The molecule has 0 aliphatic carbocycles. The molecule has 2 rings (SSSR count). The lowest BCUT2D eigenvalue weighted by molar-refractivity contribution is 0.122. The van der Waals surface area contributed by atoms with Crippen molar-refractivity contribution < 1.29 is 19.1 Å². The highest BCUT2D eigenvalue weighted by Crippen LogP contribution is 2.09. The molecule has 2 amide bonds. The number of thioether (sulfide) groups is 1. The van der Waals surface area contributed by atoms with Gasteiger partial charge in [-0.05, 0) is 17.4 Å². The third kappa shape index (κ3) is 6.25. The Kier molecular flexibility index (Phi) is 7.70. The minimum Gasteiger partial charge on any atom is -0.444 e. The highest BCUT2D eigenvalue weighted by atomic mass is 32.2. The van der Waals surface area contributed by atoms with Gasteiger partial charge in [-0.25, -0.2) is 9.59 Å². The highest BCUT2D eigenvalue weighted by molar-refractivity contribution is 8.13. The number of carbonyl (C=O) groups excluding carboxylic acids is 2. The second-order valence-corrected chi connectivity index (χ2v) is 6.01. The first-order valence-electron chi connectivity index (χ1n) is 7.88. The molecular weight excluding hydrogens is 352 g/mol. The number of carbonyl (C=O) groups is 2. The maximum atomic E-state index is 12.1. The summed E-state index contributed by atoms with van der Waals surface area (Å²) in [7, 11) is 1.49. The van der Waals surface area contributed by atoms with Crippen molar-refractivity contribution in [2.24, 2.45) is 4.99 Å². The van der Waals surface area contributed by atoms with E-state index in [9.17, 15) is 9.59 Å². The first-order valence-corrected chi connectivity index (χ1v) is 9.10. The molecule has 0 aromatic heterocycles. The van der Waals surface area contributed by atoms with Gasteiger partial charge in [-0.2, -0.15) is 4.99 Å². The normalized spacial score (nSPS) is 10.9. The van der Waals surface area contributed by atoms with E-state index in [0.717, 1.165) is 22.9 Å². The van der Waals surface area contributed by atoms with Gasteiger partial charge in [0, 0.05) is 7.05 Å². The van der Waals surface area contributed by atoms with Gasteiger partial charge in [0.05, 0.1) is 0 Å². The largest absolute Gasteiger partial charge is 0.444 e. The Bertz CT molecular complexity index is 751. The number of nitrogens with zero attached hydrogens (tertiary/aromatic N) is 2. The van der Waals surface area contributed by atoms with Gasteiger partial charge >= 0.3 is 12.2 Å². The summed E-state index contributed by atoms with van der Waals surface area (Å²) < 4.78 is 10.3. The molecule has 136 valence electrons. The SMILES string of the molecule is CSC(=NC(=O)OCc1ccccc1)N(C)C(=O)OCc1ccccc1. The first-order chi connectivity index (χ1) is 12.6. The second-order valence-electron chi connectivity index (χ2n) is 5.24. The monoisotopic (exact) mass is 372 g/mol. The Morgan fingerprint density at radius 3 is 1.92 bits per heavy atom. The van der Waals surface area contributed by atoms with Crippen molar-refractivity contribution in [2.45, 2.75) is 13.2 Å². The van der Waals surface area contributed by atoms with Gasteiger partial charge in [-0.3, -0.25) is 4.90 Å². The number of amidine groups is 1. The Labute approximate surface area is 156 Å². The lowest BCUT2D eigenvalue weighted by Gasteiger charge is -2.17. The molecule has 0 heterocycles. The molecule has 0 bridgehead atoms. The van der Waals surface area contributed by atoms with Crippen LogP contribution in [0.4, 0.5) is 9.59 Å². The van der Waals surface area contributed by atoms with E-state index in [1.165, 1.54) is 11.9 Å². The highest BCUT2D eigenvalue weighted by Gasteiger charge is 2.17. The van der Waals surface area contributed by atoms with E-state index in [-0.39, 0.29) is 18.4 Å². The van der Waals surface area contributed by atoms with Crippen LogP contribution >= 0.6 is 11.8 Å². The number of rotatable bonds is 4. The van der Waals surface area contributed by atoms with Gasteiger partial charge in [-0.15, -0.1) is 0 Å². The summed E-state index contributed by atoms with van der Waals surface area (Å²) in [4.78, 5) is 29.0. The van der Waals surface area contributed by atoms with Crippen LogP contribution in [-0.4, -0.2) is 35.6 Å². The second kappa shape index (κ2) is 10.2. The third-order valence-electron chi connectivity index (χ3n) is 3.34. The molecule has 2 aromatic rings. The van der Waals surface area contributed by atoms with Crippen LogP contribution in [0.15, 0.2) is 65.7 Å². The number of benzene rings is 2. The van der Waals surface area contributed by atoms with E-state index in [1.54, 1.807) is 6.26 Å². The summed E-state index contributed by atoms with van der Waals surface area (Å²) in [5, 5.41) is 0.195. The van der Waals surface area contributed by atoms with Crippen molar-refractivity contribution in [3.05, 3.63) is 71.8 Å². The smallest absolute Gasteiger partial charge is 0.436 e. The predicted octanol–water partition coefficient (Wildman–Crippen LogP) is 4.31.